The van der Waals surface area contributed by atoms with Crippen LogP contribution >= 0.6 is 48.2 Å². The smallest absolute Gasteiger partial charge is 0.101 e. The van der Waals surface area contributed by atoms with Crippen molar-refractivity contribution in [3.05, 3.63) is 34.9 Å². The Morgan fingerprint density at radius 1 is 1.42 bits per heavy atom. The van der Waals surface area contributed by atoms with E-state index < -0.39 is 0 Å². The normalized spacial score (nSPS) is 9.83. The topological polar surface area (TPSA) is 0 Å². The number of halogens is 1. The lowest BCUT2D eigenvalue weighted by Gasteiger charge is -1.98. The lowest BCUT2D eigenvalue weighted by Crippen LogP contribution is -1.80. The van der Waals surface area contributed by atoms with Crippen LogP contribution in [-0.2, 0) is 5.75 Å². The van der Waals surface area contributed by atoms with E-state index in [9.17, 15) is 0 Å². The van der Waals surface area contributed by atoms with Crippen LogP contribution in [0.4, 0.5) is 0 Å². The second-order valence-corrected chi connectivity index (χ2v) is 5.32. The summed E-state index contributed by atoms with van der Waals surface area (Å²) in [7, 11) is 0. The molecule has 1 aromatic carbocycles. The van der Waals surface area contributed by atoms with Gasteiger partial charge < -0.3 is 0 Å². The van der Waals surface area contributed by atoms with Crippen molar-refractivity contribution in [3.63, 3.8) is 0 Å². The van der Waals surface area contributed by atoms with Crippen molar-refractivity contribution in [2.24, 2.45) is 0 Å². The summed E-state index contributed by atoms with van der Waals surface area (Å²) in [5, 5.41) is 0.761. The number of benzene rings is 1. The van der Waals surface area contributed by atoms with Crippen LogP contribution in [0.25, 0.3) is 0 Å². The number of hydrogen-bond acceptors (Lipinski definition) is 2. The first-order chi connectivity index (χ1) is 5.68. The minimum Gasteiger partial charge on any atom is -0.125 e. The molecule has 0 bridgehead atoms. The molecule has 0 fully saturated rings. The first kappa shape index (κ1) is 10.4. The van der Waals surface area contributed by atoms with Crippen molar-refractivity contribution in [3.8, 4) is 0 Å². The van der Waals surface area contributed by atoms with Gasteiger partial charge in [-0.25, -0.2) is 0 Å². The van der Waals surface area contributed by atoms with E-state index in [4.69, 9.17) is 23.8 Å². The Morgan fingerprint density at radius 3 is 2.50 bits per heavy atom. The molecule has 4 heteroatoms. The molecule has 0 aliphatic rings. The molecule has 0 saturated heterocycles. The van der Waals surface area contributed by atoms with E-state index in [1.807, 2.05) is 24.3 Å². The first-order valence-corrected chi connectivity index (χ1v) is 5.50. The van der Waals surface area contributed by atoms with Gasteiger partial charge in [0.1, 0.15) is 3.53 Å². The molecule has 0 saturated carbocycles. The summed E-state index contributed by atoms with van der Waals surface area (Å²) in [6.07, 6.45) is 0. The zero-order valence-corrected chi connectivity index (χ0v) is 9.44. The molecule has 0 aliphatic carbocycles. The molecule has 0 aromatic heterocycles. The van der Waals surface area contributed by atoms with Crippen molar-refractivity contribution < 1.29 is 0 Å². The van der Waals surface area contributed by atoms with Gasteiger partial charge in [0.15, 0.2) is 0 Å². The molecule has 64 valence electrons. The van der Waals surface area contributed by atoms with Gasteiger partial charge in [0.25, 0.3) is 0 Å². The van der Waals surface area contributed by atoms with Gasteiger partial charge in [-0.05, 0) is 17.7 Å². The summed E-state index contributed by atoms with van der Waals surface area (Å²) in [5.41, 5.74) is 1.21. The Morgan fingerprint density at radius 2 is 2.00 bits per heavy atom. The molecule has 1 rings (SSSR count). The maximum absolute atomic E-state index is 5.73. The standard InChI is InChI=1S/C8H7ClS3/c9-7-3-1-6(2-4-7)5-12-8(10)11/h1-4H,5H2,(H,10,11). The van der Waals surface area contributed by atoms with E-state index >= 15 is 0 Å². The Labute approximate surface area is 92.1 Å². The third-order valence-corrected chi connectivity index (χ3v) is 2.99. The number of thioether (sulfide) groups is 1. The lowest BCUT2D eigenvalue weighted by molar-refractivity contribution is 1.43. The predicted molar refractivity (Wildman–Crippen MR) is 64.3 cm³/mol. The van der Waals surface area contributed by atoms with Crippen LogP contribution in [0.2, 0.25) is 5.02 Å². The molecule has 0 heterocycles. The SMILES string of the molecule is S=C(S)SCc1ccc(Cl)cc1. The van der Waals surface area contributed by atoms with Crippen LogP contribution in [-0.4, -0.2) is 3.53 Å². The Hall–Kier alpha value is 0.300. The molecule has 0 N–H and O–H groups in total. The largest absolute Gasteiger partial charge is 0.125 e. The molecule has 0 atom stereocenters. The number of rotatable bonds is 2. The van der Waals surface area contributed by atoms with Crippen LogP contribution < -0.4 is 0 Å². The zero-order chi connectivity index (χ0) is 8.97. The summed E-state index contributed by atoms with van der Waals surface area (Å²) in [4.78, 5) is 0. The molecule has 0 nitrogen and oxygen atoms in total. The van der Waals surface area contributed by atoms with Crippen molar-refractivity contribution in [2.45, 2.75) is 5.75 Å². The third-order valence-electron chi connectivity index (χ3n) is 1.28. The van der Waals surface area contributed by atoms with Gasteiger partial charge in [-0.2, -0.15) is 0 Å². The first-order valence-electron chi connectivity index (χ1n) is 3.28. The summed E-state index contributed by atoms with van der Waals surface area (Å²) in [5.74, 6) is 0.861. The molecular formula is C8H7ClS3. The average molecular weight is 235 g/mol. The highest BCUT2D eigenvalue weighted by molar-refractivity contribution is 8.41. The third kappa shape index (κ3) is 3.81. The van der Waals surface area contributed by atoms with Gasteiger partial charge in [-0.3, -0.25) is 0 Å². The Balaban J connectivity index is 2.53. The van der Waals surface area contributed by atoms with Crippen molar-refractivity contribution in [1.82, 2.24) is 0 Å². The molecule has 12 heavy (non-hydrogen) atoms. The van der Waals surface area contributed by atoms with Crippen molar-refractivity contribution >= 4 is 51.7 Å². The predicted octanol–water partition coefficient (Wildman–Crippen LogP) is 3.79. The monoisotopic (exact) mass is 234 g/mol. The Bertz CT molecular complexity index is 268. The molecule has 0 spiro atoms. The summed E-state index contributed by atoms with van der Waals surface area (Å²) < 4.78 is 0.671. The fourth-order valence-electron chi connectivity index (χ4n) is 0.726. The molecular weight excluding hydrogens is 228 g/mol. The van der Waals surface area contributed by atoms with Gasteiger partial charge in [0.2, 0.25) is 0 Å². The van der Waals surface area contributed by atoms with E-state index in [2.05, 4.69) is 12.6 Å². The van der Waals surface area contributed by atoms with E-state index in [1.54, 1.807) is 11.8 Å². The highest BCUT2D eigenvalue weighted by atomic mass is 35.5. The molecule has 0 radical (unpaired) electrons. The maximum atomic E-state index is 5.73. The fraction of sp³-hybridized carbons (Fsp3) is 0.125. The maximum Gasteiger partial charge on any atom is 0.101 e. The van der Waals surface area contributed by atoms with Gasteiger partial charge in [0.05, 0.1) is 0 Å². The van der Waals surface area contributed by atoms with E-state index in [0.29, 0.717) is 3.53 Å². The average Bonchev–Trinajstić information content (AvgIpc) is 2.03. The second-order valence-electron chi connectivity index (χ2n) is 2.18. The highest BCUT2D eigenvalue weighted by Crippen LogP contribution is 2.17. The zero-order valence-electron chi connectivity index (χ0n) is 6.16. The van der Waals surface area contributed by atoms with Crippen LogP contribution in [0.1, 0.15) is 5.56 Å². The molecule has 1 aromatic rings. The van der Waals surface area contributed by atoms with E-state index in [-0.39, 0.29) is 0 Å². The molecule has 0 amide bonds. The van der Waals surface area contributed by atoms with Crippen molar-refractivity contribution in [1.29, 1.82) is 0 Å². The Kier molecular flexibility index (Phi) is 4.43. The minimum atomic E-state index is 0.671. The summed E-state index contributed by atoms with van der Waals surface area (Å²) >= 11 is 16.1. The van der Waals surface area contributed by atoms with Crippen LogP contribution in [0.15, 0.2) is 24.3 Å². The quantitative estimate of drug-likeness (QED) is 0.611. The summed E-state index contributed by atoms with van der Waals surface area (Å²) in [6, 6.07) is 7.72. The number of thiol groups is 1. The van der Waals surface area contributed by atoms with Gasteiger partial charge in [-0.15, -0.1) is 24.4 Å². The second kappa shape index (κ2) is 5.12. The minimum absolute atomic E-state index is 0.671. The summed E-state index contributed by atoms with van der Waals surface area (Å²) in [6.45, 7) is 0. The van der Waals surface area contributed by atoms with Gasteiger partial charge in [-0.1, -0.05) is 36.0 Å². The van der Waals surface area contributed by atoms with Gasteiger partial charge in [0, 0.05) is 10.8 Å². The molecule has 0 aliphatic heterocycles. The van der Waals surface area contributed by atoms with Crippen LogP contribution in [0.5, 0.6) is 0 Å². The van der Waals surface area contributed by atoms with E-state index in [0.717, 1.165) is 10.8 Å². The number of hydrogen-bond donors (Lipinski definition) is 1. The number of thiocarbonyl (C=S) groups is 1. The van der Waals surface area contributed by atoms with E-state index in [1.165, 1.54) is 5.56 Å². The van der Waals surface area contributed by atoms with Gasteiger partial charge >= 0.3 is 0 Å². The van der Waals surface area contributed by atoms with Crippen LogP contribution in [0, 0.1) is 0 Å². The fourth-order valence-corrected chi connectivity index (χ4v) is 1.70. The van der Waals surface area contributed by atoms with Crippen LogP contribution in [0.3, 0.4) is 0 Å². The lowest BCUT2D eigenvalue weighted by atomic mass is 10.2. The van der Waals surface area contributed by atoms with Crippen molar-refractivity contribution in [2.75, 3.05) is 0 Å². The molecule has 0 unspecified atom stereocenters. The highest BCUT2D eigenvalue weighted by Gasteiger charge is 1.94.